The molecule has 7 heteroatoms. The van der Waals surface area contributed by atoms with E-state index in [-0.39, 0.29) is 11.4 Å². The molecule has 0 aliphatic rings. The van der Waals surface area contributed by atoms with Crippen molar-refractivity contribution >= 4 is 29.4 Å². The molecule has 108 valence electrons. The monoisotopic (exact) mass is 322 g/mol. The highest BCUT2D eigenvalue weighted by molar-refractivity contribution is 8.77. The van der Waals surface area contributed by atoms with Crippen molar-refractivity contribution in [3.8, 4) is 0 Å². The average molecular weight is 322 g/mol. The molecule has 1 aromatic rings. The maximum absolute atomic E-state index is 10.6. The maximum atomic E-state index is 10.6. The Hall–Kier alpha value is 0.0300. The van der Waals surface area contributed by atoms with Crippen LogP contribution in [-0.2, 0) is 15.5 Å². The smallest absolute Gasteiger partial charge is 0.303 e. The fourth-order valence-corrected chi connectivity index (χ4v) is 3.82. The minimum atomic E-state index is -4.37. The van der Waals surface area contributed by atoms with Crippen LogP contribution in [-0.4, -0.2) is 21.1 Å². The maximum Gasteiger partial charge on any atom is 0.469 e. The van der Waals surface area contributed by atoms with E-state index in [9.17, 15) is 4.57 Å². The van der Waals surface area contributed by atoms with Crippen LogP contribution >= 0.6 is 29.4 Å². The summed E-state index contributed by atoms with van der Waals surface area (Å²) in [5.74, 6) is 0. The van der Waals surface area contributed by atoms with E-state index in [4.69, 9.17) is 9.79 Å². The molecule has 1 aromatic carbocycles. The predicted molar refractivity (Wildman–Crippen MR) is 81.3 cm³/mol. The van der Waals surface area contributed by atoms with Crippen LogP contribution in [0, 0.1) is 0 Å². The van der Waals surface area contributed by atoms with Crippen molar-refractivity contribution in [3.05, 3.63) is 29.8 Å². The minimum Gasteiger partial charge on any atom is -0.303 e. The lowest BCUT2D eigenvalue weighted by Gasteiger charge is -2.17. The zero-order chi connectivity index (χ0) is 14.5. The van der Waals surface area contributed by atoms with Gasteiger partial charge in [-0.15, -0.1) is 0 Å². The number of phosphoric ester groups is 1. The van der Waals surface area contributed by atoms with Crippen molar-refractivity contribution in [2.75, 3.05) is 6.61 Å². The second-order valence-corrected chi connectivity index (χ2v) is 9.20. The second kappa shape index (κ2) is 7.16. The summed E-state index contributed by atoms with van der Waals surface area (Å²) in [4.78, 5) is 18.4. The lowest BCUT2D eigenvalue weighted by molar-refractivity contribution is 0.199. The molecule has 19 heavy (non-hydrogen) atoms. The van der Waals surface area contributed by atoms with E-state index in [1.165, 1.54) is 0 Å². The molecule has 1 rings (SSSR count). The van der Waals surface area contributed by atoms with Gasteiger partial charge in [0.2, 0.25) is 0 Å². The van der Waals surface area contributed by atoms with Crippen LogP contribution in [0.5, 0.6) is 0 Å². The van der Waals surface area contributed by atoms with E-state index in [0.29, 0.717) is 6.42 Å². The molecule has 0 heterocycles. The third-order valence-electron chi connectivity index (χ3n) is 1.98. The molecule has 4 nitrogen and oxygen atoms in total. The van der Waals surface area contributed by atoms with Crippen molar-refractivity contribution in [3.63, 3.8) is 0 Å². The number of rotatable bonds is 6. The predicted octanol–water partition coefficient (Wildman–Crippen LogP) is 3.88. The first kappa shape index (κ1) is 17.1. The Balaban J connectivity index is 2.60. The van der Waals surface area contributed by atoms with Gasteiger partial charge >= 0.3 is 7.82 Å². The summed E-state index contributed by atoms with van der Waals surface area (Å²) in [6.45, 7) is 6.45. The Bertz CT molecular complexity index is 453. The Kier molecular flexibility index (Phi) is 6.43. The standard InChI is InChI=1S/C12H19O4PS2/c1-12(2,3)19-18-11-7-5-4-6-10(11)8-9-16-17(13,14)15/h4-7H,8-9H2,1-3H3,(H2,13,14,15). The molecule has 0 spiro atoms. The van der Waals surface area contributed by atoms with Gasteiger partial charge in [-0.25, -0.2) is 4.57 Å². The zero-order valence-electron chi connectivity index (χ0n) is 11.2. The highest BCUT2D eigenvalue weighted by Crippen LogP contribution is 2.42. The Morgan fingerprint density at radius 2 is 1.89 bits per heavy atom. The van der Waals surface area contributed by atoms with Gasteiger partial charge in [-0.3, -0.25) is 4.52 Å². The number of benzene rings is 1. The summed E-state index contributed by atoms with van der Waals surface area (Å²) in [7, 11) is -0.931. The summed E-state index contributed by atoms with van der Waals surface area (Å²) in [6, 6.07) is 7.84. The van der Waals surface area contributed by atoms with Gasteiger partial charge in [0.1, 0.15) is 0 Å². The Labute approximate surface area is 122 Å². The molecular formula is C12H19O4PS2. The van der Waals surface area contributed by atoms with E-state index in [1.807, 2.05) is 24.3 Å². The van der Waals surface area contributed by atoms with Gasteiger partial charge in [-0.05, 0) is 18.1 Å². The van der Waals surface area contributed by atoms with E-state index in [0.717, 1.165) is 10.5 Å². The van der Waals surface area contributed by atoms with Gasteiger partial charge in [0, 0.05) is 9.64 Å². The van der Waals surface area contributed by atoms with Gasteiger partial charge in [0.25, 0.3) is 0 Å². The van der Waals surface area contributed by atoms with Crippen molar-refractivity contribution in [1.29, 1.82) is 0 Å². The van der Waals surface area contributed by atoms with E-state index >= 15 is 0 Å². The van der Waals surface area contributed by atoms with E-state index < -0.39 is 7.82 Å². The van der Waals surface area contributed by atoms with Crippen molar-refractivity contribution in [2.24, 2.45) is 0 Å². The van der Waals surface area contributed by atoms with Gasteiger partial charge in [-0.2, -0.15) is 0 Å². The highest BCUT2D eigenvalue weighted by atomic mass is 33.1. The molecule has 0 saturated carbocycles. The normalized spacial score (nSPS) is 12.7. The lowest BCUT2D eigenvalue weighted by atomic mass is 10.2. The van der Waals surface area contributed by atoms with Crippen LogP contribution in [0.15, 0.2) is 29.2 Å². The molecule has 2 N–H and O–H groups in total. The molecule has 0 amide bonds. The highest BCUT2D eigenvalue weighted by Gasteiger charge is 2.15. The second-order valence-electron chi connectivity index (χ2n) is 4.96. The van der Waals surface area contributed by atoms with Gasteiger partial charge < -0.3 is 9.79 Å². The molecule has 0 saturated heterocycles. The van der Waals surface area contributed by atoms with Gasteiger partial charge in [0.05, 0.1) is 6.61 Å². The zero-order valence-corrected chi connectivity index (χ0v) is 13.7. The average Bonchev–Trinajstić information content (AvgIpc) is 2.25. The first-order valence-electron chi connectivity index (χ1n) is 5.81. The quantitative estimate of drug-likeness (QED) is 0.612. The fraction of sp³-hybridized carbons (Fsp3) is 0.500. The van der Waals surface area contributed by atoms with Crippen LogP contribution in [0.25, 0.3) is 0 Å². The first-order chi connectivity index (χ1) is 8.67. The van der Waals surface area contributed by atoms with Crippen molar-refractivity contribution < 1.29 is 18.9 Å². The fourth-order valence-electron chi connectivity index (χ4n) is 1.24. The largest absolute Gasteiger partial charge is 0.469 e. The molecule has 0 fully saturated rings. The first-order valence-corrected chi connectivity index (χ1v) is 9.49. The Morgan fingerprint density at radius 1 is 1.26 bits per heavy atom. The van der Waals surface area contributed by atoms with Gasteiger partial charge in [-0.1, -0.05) is 60.6 Å². The van der Waals surface area contributed by atoms with Crippen LogP contribution < -0.4 is 0 Å². The summed E-state index contributed by atoms with van der Waals surface area (Å²) < 4.78 is 15.3. The van der Waals surface area contributed by atoms with E-state index in [1.54, 1.807) is 21.6 Å². The lowest BCUT2D eigenvalue weighted by Crippen LogP contribution is -2.04. The topological polar surface area (TPSA) is 66.8 Å². The van der Waals surface area contributed by atoms with Crippen LogP contribution in [0.4, 0.5) is 0 Å². The molecule has 0 atom stereocenters. The summed E-state index contributed by atoms with van der Waals surface area (Å²) in [5.41, 5.74) is 1.04. The van der Waals surface area contributed by atoms with Crippen LogP contribution in [0.3, 0.4) is 0 Å². The van der Waals surface area contributed by atoms with E-state index in [2.05, 4.69) is 25.3 Å². The number of phosphoric acid groups is 1. The molecule has 0 radical (unpaired) electrons. The molecule has 0 aliphatic carbocycles. The third kappa shape index (κ3) is 8.02. The molecule has 0 bridgehead atoms. The minimum absolute atomic E-state index is 0.0159. The van der Waals surface area contributed by atoms with Crippen molar-refractivity contribution in [1.82, 2.24) is 0 Å². The SMILES string of the molecule is CC(C)(C)SSc1ccccc1CCOP(=O)(O)O. The molecule has 0 unspecified atom stereocenters. The van der Waals surface area contributed by atoms with Crippen LogP contribution in [0.1, 0.15) is 26.3 Å². The summed E-state index contributed by atoms with van der Waals surface area (Å²) in [5, 5.41) is 0. The molecule has 0 aromatic heterocycles. The summed E-state index contributed by atoms with van der Waals surface area (Å²) >= 11 is 0. The molecule has 0 aliphatic heterocycles. The number of hydrogen-bond donors (Lipinski definition) is 2. The van der Waals surface area contributed by atoms with Crippen LogP contribution in [0.2, 0.25) is 0 Å². The van der Waals surface area contributed by atoms with Gasteiger partial charge in [0.15, 0.2) is 0 Å². The number of hydrogen-bond acceptors (Lipinski definition) is 4. The molecular weight excluding hydrogens is 303 g/mol. The summed E-state index contributed by atoms with van der Waals surface area (Å²) in [6.07, 6.45) is 0.485. The van der Waals surface area contributed by atoms with Crippen molar-refractivity contribution in [2.45, 2.75) is 36.8 Å². The Morgan fingerprint density at radius 3 is 2.47 bits per heavy atom. The third-order valence-corrected chi connectivity index (χ3v) is 5.95.